The van der Waals surface area contributed by atoms with Crippen molar-refractivity contribution in [2.75, 3.05) is 4.90 Å². The van der Waals surface area contributed by atoms with Crippen molar-refractivity contribution in [2.24, 2.45) is 0 Å². The molecule has 5 rings (SSSR count). The number of nitrogens with zero attached hydrogens (tertiary/aromatic N) is 5. The summed E-state index contributed by atoms with van der Waals surface area (Å²) in [4.78, 5) is 18.9. The lowest BCUT2D eigenvalue weighted by Crippen LogP contribution is -2.26. The molecule has 0 radical (unpaired) electrons. The van der Waals surface area contributed by atoms with Crippen LogP contribution >= 0.6 is 11.6 Å². The second-order valence-electron chi connectivity index (χ2n) is 9.24. The van der Waals surface area contributed by atoms with Crippen LogP contribution < -0.4 is 4.90 Å². The predicted molar refractivity (Wildman–Crippen MR) is 153 cm³/mol. The Morgan fingerprint density at radius 1 is 0.500 bits per heavy atom. The normalized spacial score (nSPS) is 11.0. The molecule has 0 saturated carbocycles. The summed E-state index contributed by atoms with van der Waals surface area (Å²) in [5.74, 6) is 0.942. The Labute approximate surface area is 229 Å². The van der Waals surface area contributed by atoms with E-state index in [1.54, 1.807) is 0 Å². The molecule has 0 aliphatic heterocycles. The highest BCUT2D eigenvalue weighted by Gasteiger charge is 2.14. The molecule has 0 spiro atoms. The summed E-state index contributed by atoms with van der Waals surface area (Å²) in [6.45, 7) is 3.59. The second kappa shape index (κ2) is 13.0. The molecule has 0 N–H and O–H groups in total. The summed E-state index contributed by atoms with van der Waals surface area (Å²) in [6, 6.07) is 36.9. The Balaban J connectivity index is 1.39. The van der Waals surface area contributed by atoms with Crippen molar-refractivity contribution >= 4 is 17.4 Å². The molecule has 6 heteroatoms. The molecule has 0 aliphatic rings. The standard InChI is InChI=1S/C32H30ClN5/c33-28-17-15-27(16-18-28)22-38(21-26-9-2-1-3-10-26)32-14-8-13-31(36-32)25-37(23-29-11-4-6-19-34-29)24-30-12-5-7-20-35-30/h1-20H,21-25H2. The van der Waals surface area contributed by atoms with Crippen molar-refractivity contribution in [1.82, 2.24) is 19.9 Å². The highest BCUT2D eigenvalue weighted by molar-refractivity contribution is 6.30. The van der Waals surface area contributed by atoms with E-state index in [2.05, 4.69) is 86.5 Å². The third-order valence-electron chi connectivity index (χ3n) is 6.23. The summed E-state index contributed by atoms with van der Waals surface area (Å²) >= 11 is 6.14. The van der Waals surface area contributed by atoms with E-state index in [9.17, 15) is 0 Å². The van der Waals surface area contributed by atoms with Gasteiger partial charge in [-0.3, -0.25) is 14.9 Å². The smallest absolute Gasteiger partial charge is 0.129 e. The molecule has 3 heterocycles. The first kappa shape index (κ1) is 25.6. The first-order valence-corrected chi connectivity index (χ1v) is 13.1. The van der Waals surface area contributed by atoms with Crippen LogP contribution in [0.4, 0.5) is 5.82 Å². The fourth-order valence-corrected chi connectivity index (χ4v) is 4.53. The first-order valence-electron chi connectivity index (χ1n) is 12.7. The monoisotopic (exact) mass is 519 g/mol. The third kappa shape index (κ3) is 7.48. The number of anilines is 1. The van der Waals surface area contributed by atoms with Gasteiger partial charge in [-0.25, -0.2) is 4.98 Å². The zero-order valence-corrected chi connectivity index (χ0v) is 22.0. The number of hydrogen-bond donors (Lipinski definition) is 0. The van der Waals surface area contributed by atoms with E-state index in [0.717, 1.165) is 41.0 Å². The van der Waals surface area contributed by atoms with Crippen LogP contribution in [-0.4, -0.2) is 19.9 Å². The van der Waals surface area contributed by atoms with Crippen LogP contribution in [0, 0.1) is 0 Å². The lowest BCUT2D eigenvalue weighted by atomic mass is 10.1. The van der Waals surface area contributed by atoms with Crippen LogP contribution in [0.3, 0.4) is 0 Å². The van der Waals surface area contributed by atoms with E-state index in [4.69, 9.17) is 16.6 Å². The van der Waals surface area contributed by atoms with E-state index < -0.39 is 0 Å². The van der Waals surface area contributed by atoms with Gasteiger partial charge >= 0.3 is 0 Å². The van der Waals surface area contributed by atoms with Gasteiger partial charge in [-0.2, -0.15) is 0 Å². The Morgan fingerprint density at radius 3 is 1.66 bits per heavy atom. The van der Waals surface area contributed by atoms with Gasteiger partial charge in [0, 0.05) is 50.1 Å². The number of benzene rings is 2. The third-order valence-corrected chi connectivity index (χ3v) is 6.48. The van der Waals surface area contributed by atoms with Crippen LogP contribution in [0.5, 0.6) is 0 Å². The molecule has 0 bridgehead atoms. The SMILES string of the molecule is Clc1ccc(CN(Cc2ccccc2)c2cccc(CN(Cc3ccccn3)Cc3ccccn3)n2)cc1. The number of aromatic nitrogens is 3. The molecule has 5 nitrogen and oxygen atoms in total. The Hall–Kier alpha value is -4.06. The van der Waals surface area contributed by atoms with E-state index >= 15 is 0 Å². The molecule has 3 aromatic heterocycles. The van der Waals surface area contributed by atoms with E-state index in [1.807, 2.05) is 54.9 Å². The summed E-state index contributed by atoms with van der Waals surface area (Å²) in [5, 5.41) is 0.740. The Kier molecular flexibility index (Phi) is 8.72. The molecule has 0 saturated heterocycles. The average molecular weight is 520 g/mol. The number of pyridine rings is 3. The van der Waals surface area contributed by atoms with Crippen LogP contribution in [0.15, 0.2) is 122 Å². The topological polar surface area (TPSA) is 45.2 Å². The lowest BCUT2D eigenvalue weighted by molar-refractivity contribution is 0.239. The van der Waals surface area contributed by atoms with Gasteiger partial charge < -0.3 is 4.90 Å². The molecule has 5 aromatic rings. The molecule has 2 aromatic carbocycles. The van der Waals surface area contributed by atoms with Gasteiger partial charge in [0.2, 0.25) is 0 Å². The molecule has 0 unspecified atom stereocenters. The molecule has 190 valence electrons. The number of halogens is 1. The van der Waals surface area contributed by atoms with E-state index in [0.29, 0.717) is 19.6 Å². The van der Waals surface area contributed by atoms with Gasteiger partial charge in [0.1, 0.15) is 5.82 Å². The number of hydrogen-bond acceptors (Lipinski definition) is 5. The molecular weight excluding hydrogens is 490 g/mol. The second-order valence-corrected chi connectivity index (χ2v) is 9.68. The summed E-state index contributed by atoms with van der Waals surface area (Å²) in [6.07, 6.45) is 3.68. The van der Waals surface area contributed by atoms with Gasteiger partial charge in [0.25, 0.3) is 0 Å². The van der Waals surface area contributed by atoms with Gasteiger partial charge in [-0.15, -0.1) is 0 Å². The highest BCUT2D eigenvalue weighted by atomic mass is 35.5. The molecule has 38 heavy (non-hydrogen) atoms. The van der Waals surface area contributed by atoms with Crippen molar-refractivity contribution in [1.29, 1.82) is 0 Å². The lowest BCUT2D eigenvalue weighted by Gasteiger charge is -2.26. The van der Waals surface area contributed by atoms with Crippen LogP contribution in [0.25, 0.3) is 0 Å². The quantitative estimate of drug-likeness (QED) is 0.189. The minimum Gasteiger partial charge on any atom is -0.348 e. The van der Waals surface area contributed by atoms with Gasteiger partial charge in [-0.05, 0) is 59.7 Å². The number of rotatable bonds is 11. The average Bonchev–Trinajstić information content (AvgIpc) is 2.96. The summed E-state index contributed by atoms with van der Waals surface area (Å²) in [5.41, 5.74) is 5.47. The minimum atomic E-state index is 0.682. The van der Waals surface area contributed by atoms with Crippen LogP contribution in [-0.2, 0) is 32.7 Å². The van der Waals surface area contributed by atoms with Crippen molar-refractivity contribution in [3.8, 4) is 0 Å². The molecular formula is C32H30ClN5. The van der Waals surface area contributed by atoms with Gasteiger partial charge in [0.15, 0.2) is 0 Å². The maximum absolute atomic E-state index is 6.14. The van der Waals surface area contributed by atoms with E-state index in [-0.39, 0.29) is 0 Å². The largest absolute Gasteiger partial charge is 0.348 e. The van der Waals surface area contributed by atoms with Gasteiger partial charge in [0.05, 0.1) is 17.1 Å². The minimum absolute atomic E-state index is 0.682. The fourth-order valence-electron chi connectivity index (χ4n) is 4.40. The van der Waals surface area contributed by atoms with Crippen molar-refractivity contribution in [3.05, 3.63) is 155 Å². The van der Waals surface area contributed by atoms with Gasteiger partial charge in [-0.1, -0.05) is 72.3 Å². The predicted octanol–water partition coefficient (Wildman–Crippen LogP) is 6.93. The Bertz CT molecular complexity index is 1360. The van der Waals surface area contributed by atoms with Crippen molar-refractivity contribution in [3.63, 3.8) is 0 Å². The van der Waals surface area contributed by atoms with Crippen LogP contribution in [0.2, 0.25) is 5.02 Å². The van der Waals surface area contributed by atoms with Crippen LogP contribution in [0.1, 0.15) is 28.2 Å². The zero-order valence-electron chi connectivity index (χ0n) is 21.2. The van der Waals surface area contributed by atoms with E-state index in [1.165, 1.54) is 11.1 Å². The fraction of sp³-hybridized carbons (Fsp3) is 0.156. The highest BCUT2D eigenvalue weighted by Crippen LogP contribution is 2.21. The first-order chi connectivity index (χ1) is 18.7. The molecule has 0 fully saturated rings. The Morgan fingerprint density at radius 2 is 1.05 bits per heavy atom. The zero-order chi connectivity index (χ0) is 26.0. The molecule has 0 aliphatic carbocycles. The van der Waals surface area contributed by atoms with Crippen molar-refractivity contribution < 1.29 is 0 Å². The molecule has 0 amide bonds. The molecule has 0 atom stereocenters. The summed E-state index contributed by atoms with van der Waals surface area (Å²) < 4.78 is 0. The maximum Gasteiger partial charge on any atom is 0.129 e. The summed E-state index contributed by atoms with van der Waals surface area (Å²) in [7, 11) is 0. The maximum atomic E-state index is 6.14. The van der Waals surface area contributed by atoms with Crippen molar-refractivity contribution in [2.45, 2.75) is 32.7 Å².